The molecule has 0 aliphatic heterocycles. The van der Waals surface area contributed by atoms with Gasteiger partial charge in [-0.1, -0.05) is 0 Å². The smallest absolute Gasteiger partial charge is 0.214 e. The van der Waals surface area contributed by atoms with Crippen molar-refractivity contribution in [3.8, 4) is 10.6 Å². The maximum Gasteiger partial charge on any atom is 0.214 e. The monoisotopic (exact) mass is 268 g/mol. The first kappa shape index (κ1) is 12.2. The first-order valence-corrected chi connectivity index (χ1v) is 8.11. The van der Waals surface area contributed by atoms with E-state index in [0.29, 0.717) is 5.88 Å². The summed E-state index contributed by atoms with van der Waals surface area (Å²) in [4.78, 5) is 4.31. The number of aromatic nitrogens is 3. The molecule has 2 rings (SSSR count). The highest BCUT2D eigenvalue weighted by molar-refractivity contribution is 7.98. The van der Waals surface area contributed by atoms with Crippen LogP contribution in [0.25, 0.3) is 10.6 Å². The number of nitrogens with zero attached hydrogens (tertiary/aromatic N) is 3. The van der Waals surface area contributed by atoms with Gasteiger partial charge in [-0.3, -0.25) is 4.21 Å². The first-order valence-electron chi connectivity index (χ1n) is 5.04. The van der Waals surface area contributed by atoms with Crippen molar-refractivity contribution in [3.05, 3.63) is 30.4 Å². The quantitative estimate of drug-likeness (QED) is 0.619. The van der Waals surface area contributed by atoms with Crippen molar-refractivity contribution >= 4 is 26.9 Å². The molecule has 0 saturated heterocycles. The van der Waals surface area contributed by atoms with Gasteiger partial charge in [0.1, 0.15) is 10.8 Å². The molecular weight excluding hydrogens is 254 g/mol. The summed E-state index contributed by atoms with van der Waals surface area (Å²) in [6, 6.07) is 3.90. The van der Waals surface area contributed by atoms with E-state index in [-0.39, 0.29) is 0 Å². The fourth-order valence-electron chi connectivity index (χ4n) is 1.42. The molecule has 0 amide bonds. The van der Waals surface area contributed by atoms with E-state index in [1.54, 1.807) is 6.26 Å². The Hall–Kier alpha value is -1.27. The predicted molar refractivity (Wildman–Crippen MR) is 71.5 cm³/mol. The summed E-state index contributed by atoms with van der Waals surface area (Å²) in [6.07, 6.45) is 5.43. The van der Waals surface area contributed by atoms with Crippen LogP contribution < -0.4 is 4.57 Å². The lowest BCUT2D eigenvalue weighted by Crippen LogP contribution is -2.36. The second-order valence-corrected chi connectivity index (χ2v) is 7.44. The third-order valence-electron chi connectivity index (χ3n) is 2.09. The lowest BCUT2D eigenvalue weighted by atomic mass is 10.3. The molecule has 90 valence electrons. The van der Waals surface area contributed by atoms with Gasteiger partial charge in [0.15, 0.2) is 12.4 Å². The van der Waals surface area contributed by atoms with E-state index in [9.17, 15) is 4.21 Å². The van der Waals surface area contributed by atoms with E-state index in [4.69, 9.17) is 0 Å². The minimum Gasteiger partial charge on any atom is -0.262 e. The van der Waals surface area contributed by atoms with E-state index in [2.05, 4.69) is 15.2 Å². The summed E-state index contributed by atoms with van der Waals surface area (Å²) in [7, 11) is -2.01. The number of hydrogen-bond acceptors (Lipinski definition) is 4. The van der Waals surface area contributed by atoms with Gasteiger partial charge in [-0.15, -0.1) is 0 Å². The van der Waals surface area contributed by atoms with Crippen molar-refractivity contribution in [1.29, 1.82) is 0 Å². The number of pyridine rings is 1. The Morgan fingerprint density at radius 1 is 1.47 bits per heavy atom. The van der Waals surface area contributed by atoms with Gasteiger partial charge in [-0.2, -0.15) is 8.94 Å². The maximum atomic E-state index is 11.6. The molecule has 0 N–H and O–H groups in total. The molecule has 6 heteroatoms. The molecule has 2 aromatic rings. The molecular formula is C11H14N3OS2+. The van der Waals surface area contributed by atoms with Crippen LogP contribution in [0, 0.1) is 6.92 Å². The van der Waals surface area contributed by atoms with Crippen molar-refractivity contribution in [3.63, 3.8) is 0 Å². The third kappa shape index (κ3) is 3.34. The number of hydrogen-bond donors (Lipinski definition) is 0. The van der Waals surface area contributed by atoms with Crippen LogP contribution in [0.1, 0.15) is 5.82 Å². The van der Waals surface area contributed by atoms with Crippen molar-refractivity contribution in [2.24, 2.45) is 0 Å². The second kappa shape index (κ2) is 4.54. The Morgan fingerprint density at radius 2 is 2.12 bits per heavy atom. The van der Waals surface area contributed by atoms with Gasteiger partial charge in [-0.05, 0) is 24.3 Å². The fraction of sp³-hybridized carbons (Fsp3) is 0.273. The number of rotatable bonds is 3. The predicted octanol–water partition coefficient (Wildman–Crippen LogP) is 1.10. The minimum atomic E-state index is -2.01. The molecule has 0 spiro atoms. The van der Waals surface area contributed by atoms with Crippen molar-refractivity contribution in [2.45, 2.75) is 12.8 Å². The van der Waals surface area contributed by atoms with Crippen molar-refractivity contribution in [1.82, 2.24) is 9.36 Å². The average Bonchev–Trinajstić information content (AvgIpc) is 2.63. The van der Waals surface area contributed by atoms with Crippen molar-refractivity contribution < 1.29 is 8.78 Å². The first-order chi connectivity index (χ1) is 7.94. The normalized spacial score (nSPS) is 14.5. The molecule has 2 aromatic heterocycles. The fourth-order valence-corrected chi connectivity index (χ4v) is 2.89. The topological polar surface area (TPSA) is 46.7 Å². The Morgan fingerprint density at radius 3 is 2.59 bits per heavy atom. The molecule has 0 radical (unpaired) electrons. The molecule has 0 fully saturated rings. The zero-order valence-corrected chi connectivity index (χ0v) is 11.4. The largest absolute Gasteiger partial charge is 0.262 e. The van der Waals surface area contributed by atoms with E-state index < -0.39 is 9.52 Å². The maximum absolute atomic E-state index is 11.6. The van der Waals surface area contributed by atoms with Gasteiger partial charge in [0.2, 0.25) is 5.88 Å². The zero-order valence-electron chi connectivity index (χ0n) is 9.79. The van der Waals surface area contributed by atoms with Crippen LogP contribution >= 0.6 is 11.5 Å². The molecule has 17 heavy (non-hydrogen) atoms. The SMILES string of the molecule is C=S(C)(=O)C[n+]1ccc(-c2nc(C)ns2)cc1. The lowest BCUT2D eigenvalue weighted by Gasteiger charge is -1.98. The molecule has 1 unspecified atom stereocenters. The van der Waals surface area contributed by atoms with Crippen molar-refractivity contribution in [2.75, 3.05) is 6.26 Å². The van der Waals surface area contributed by atoms with Crippen LogP contribution in [0.3, 0.4) is 0 Å². The zero-order chi connectivity index (χ0) is 12.5. The van der Waals surface area contributed by atoms with E-state index in [1.165, 1.54) is 11.5 Å². The summed E-state index contributed by atoms with van der Waals surface area (Å²) >= 11 is 1.38. The highest BCUT2D eigenvalue weighted by Crippen LogP contribution is 2.19. The van der Waals surface area contributed by atoms with Crippen LogP contribution in [-0.4, -0.2) is 25.7 Å². The Bertz CT molecular complexity index is 614. The molecule has 0 aromatic carbocycles. The molecule has 0 saturated carbocycles. The minimum absolute atomic E-state index is 0.433. The van der Waals surface area contributed by atoms with Gasteiger partial charge < -0.3 is 0 Å². The average molecular weight is 268 g/mol. The summed E-state index contributed by atoms with van der Waals surface area (Å²) in [5.41, 5.74) is 1.03. The standard InChI is InChI=1S/C11H14N3OS2/c1-9-12-11(16-13-9)10-4-6-14(7-5-10)8-17(2,3)15/h4-7H,2,8H2,1,3H3/q+1. The Labute approximate surface area is 105 Å². The molecule has 1 atom stereocenters. The lowest BCUT2D eigenvalue weighted by molar-refractivity contribution is -0.676. The molecule has 0 aliphatic rings. The molecule has 0 bridgehead atoms. The second-order valence-electron chi connectivity index (χ2n) is 4.06. The van der Waals surface area contributed by atoms with Gasteiger partial charge in [0.05, 0.1) is 0 Å². The Kier molecular flexibility index (Phi) is 3.26. The molecule has 0 aliphatic carbocycles. The van der Waals surface area contributed by atoms with E-state index in [0.717, 1.165) is 16.4 Å². The summed E-state index contributed by atoms with van der Waals surface area (Å²) < 4.78 is 17.6. The third-order valence-corrected chi connectivity index (χ3v) is 3.79. The molecule has 2 heterocycles. The molecule has 4 nitrogen and oxygen atoms in total. The van der Waals surface area contributed by atoms with Gasteiger partial charge >= 0.3 is 0 Å². The number of aryl methyl sites for hydroxylation is 1. The highest BCUT2D eigenvalue weighted by atomic mass is 32.2. The summed E-state index contributed by atoms with van der Waals surface area (Å²) in [5, 5.41) is 0.904. The van der Waals surface area contributed by atoms with E-state index >= 15 is 0 Å². The highest BCUT2D eigenvalue weighted by Gasteiger charge is 2.08. The van der Waals surface area contributed by atoms with Crippen LogP contribution in [0.2, 0.25) is 0 Å². The van der Waals surface area contributed by atoms with Crippen LogP contribution in [-0.2, 0) is 15.4 Å². The van der Waals surface area contributed by atoms with Crippen LogP contribution in [0.5, 0.6) is 0 Å². The summed E-state index contributed by atoms with van der Waals surface area (Å²) in [6.45, 7) is 1.87. The van der Waals surface area contributed by atoms with Gasteiger partial charge in [-0.25, -0.2) is 4.98 Å². The van der Waals surface area contributed by atoms with Gasteiger partial charge in [0, 0.05) is 33.5 Å². The van der Waals surface area contributed by atoms with Crippen LogP contribution in [0.4, 0.5) is 0 Å². The Balaban J connectivity index is 2.24. The van der Waals surface area contributed by atoms with E-state index in [1.807, 2.05) is 36.0 Å². The van der Waals surface area contributed by atoms with Gasteiger partial charge in [0.25, 0.3) is 0 Å². The van der Waals surface area contributed by atoms with Crippen LogP contribution in [0.15, 0.2) is 24.5 Å². The summed E-state index contributed by atoms with van der Waals surface area (Å²) in [5.74, 6) is 4.86.